The van der Waals surface area contributed by atoms with Gasteiger partial charge in [-0.15, -0.1) is 5.10 Å². The number of nitrogens with one attached hydrogen (secondary N) is 2. The minimum Gasteiger partial charge on any atom is -0.351 e. The Morgan fingerprint density at radius 2 is 2.00 bits per heavy atom. The van der Waals surface area contributed by atoms with E-state index < -0.39 is 0 Å². The molecule has 8 heteroatoms. The van der Waals surface area contributed by atoms with Gasteiger partial charge in [0, 0.05) is 12.6 Å². The number of carbonyl (C=O) groups excluding carboxylic acids is 2. The Labute approximate surface area is 177 Å². The van der Waals surface area contributed by atoms with E-state index in [0.717, 1.165) is 32.0 Å². The van der Waals surface area contributed by atoms with Crippen molar-refractivity contribution in [1.82, 2.24) is 30.5 Å². The molecule has 160 valence electrons. The molecule has 0 bridgehead atoms. The van der Waals surface area contributed by atoms with Crippen molar-refractivity contribution in [3.05, 3.63) is 47.3 Å². The molecule has 1 atom stereocenters. The van der Waals surface area contributed by atoms with Gasteiger partial charge >= 0.3 is 0 Å². The van der Waals surface area contributed by atoms with Crippen molar-refractivity contribution in [2.24, 2.45) is 5.92 Å². The lowest BCUT2D eigenvalue weighted by Gasteiger charge is -2.32. The lowest BCUT2D eigenvalue weighted by atomic mass is 9.90. The monoisotopic (exact) mass is 410 g/mol. The van der Waals surface area contributed by atoms with E-state index in [2.05, 4.69) is 56.2 Å². The molecule has 30 heavy (non-hydrogen) atoms. The van der Waals surface area contributed by atoms with E-state index in [9.17, 15) is 9.59 Å². The molecule has 0 radical (unpaired) electrons. The number of piperidine rings is 1. The van der Waals surface area contributed by atoms with Crippen LogP contribution in [-0.2, 0) is 13.0 Å². The number of amides is 2. The molecule has 2 N–H and O–H groups in total. The van der Waals surface area contributed by atoms with Crippen LogP contribution in [0.15, 0.2) is 30.3 Å². The molecular formula is C22H30N6O2. The van der Waals surface area contributed by atoms with Gasteiger partial charge in [-0.25, -0.2) is 4.68 Å². The molecule has 0 unspecified atom stereocenters. The number of likely N-dealkylation sites (tertiary alicyclic amines) is 1. The van der Waals surface area contributed by atoms with Crippen LogP contribution >= 0.6 is 0 Å². The average molecular weight is 411 g/mol. The summed E-state index contributed by atoms with van der Waals surface area (Å²) in [6, 6.07) is 10.7. The number of aromatic nitrogens is 3. The third-order valence-electron chi connectivity index (χ3n) is 6.00. The number of hydrogen-bond acceptors (Lipinski definition) is 5. The van der Waals surface area contributed by atoms with Crippen LogP contribution in [-0.4, -0.2) is 63.9 Å². The fourth-order valence-electron chi connectivity index (χ4n) is 4.37. The zero-order chi connectivity index (χ0) is 20.9. The van der Waals surface area contributed by atoms with E-state index >= 15 is 0 Å². The van der Waals surface area contributed by atoms with Crippen LogP contribution in [0.3, 0.4) is 0 Å². The summed E-state index contributed by atoms with van der Waals surface area (Å²) in [7, 11) is 0. The highest BCUT2D eigenvalue weighted by molar-refractivity contribution is 6.05. The van der Waals surface area contributed by atoms with Gasteiger partial charge in [0.25, 0.3) is 11.8 Å². The Balaban J connectivity index is 1.17. The second-order valence-corrected chi connectivity index (χ2v) is 8.43. The zero-order valence-electron chi connectivity index (χ0n) is 17.5. The minimum atomic E-state index is -0.331. The van der Waals surface area contributed by atoms with Crippen LogP contribution in [0.1, 0.15) is 52.7 Å². The first-order valence-corrected chi connectivity index (χ1v) is 10.9. The van der Waals surface area contributed by atoms with Gasteiger partial charge in [0.15, 0.2) is 11.4 Å². The summed E-state index contributed by atoms with van der Waals surface area (Å²) in [4.78, 5) is 27.1. The number of fused-ring (bicyclic) bond motifs is 1. The fourth-order valence-corrected chi connectivity index (χ4v) is 4.37. The van der Waals surface area contributed by atoms with Gasteiger partial charge in [0.1, 0.15) is 0 Å². The van der Waals surface area contributed by atoms with Gasteiger partial charge in [0.2, 0.25) is 0 Å². The second kappa shape index (κ2) is 9.38. The highest BCUT2D eigenvalue weighted by atomic mass is 16.2. The maximum absolute atomic E-state index is 12.5. The third-order valence-corrected chi connectivity index (χ3v) is 6.00. The van der Waals surface area contributed by atoms with E-state index in [1.54, 1.807) is 0 Å². The smallest absolute Gasteiger partial charge is 0.274 e. The lowest BCUT2D eigenvalue weighted by Crippen LogP contribution is -2.43. The van der Waals surface area contributed by atoms with Gasteiger partial charge in [0.05, 0.1) is 6.54 Å². The van der Waals surface area contributed by atoms with Crippen molar-refractivity contribution in [2.45, 2.75) is 45.2 Å². The SMILES string of the molecule is C[C@H]1Cn2nnc(C(=O)NCCCN3CCC(Cc4ccccc4)CC3)c2C(=O)N1. The van der Waals surface area contributed by atoms with Crippen molar-refractivity contribution in [3.8, 4) is 0 Å². The molecule has 0 aliphatic carbocycles. The summed E-state index contributed by atoms with van der Waals surface area (Å²) in [6.45, 7) is 6.18. The first-order valence-electron chi connectivity index (χ1n) is 10.9. The molecule has 0 spiro atoms. The molecule has 8 nitrogen and oxygen atoms in total. The van der Waals surface area contributed by atoms with Gasteiger partial charge in [-0.05, 0) is 63.7 Å². The summed E-state index contributed by atoms with van der Waals surface area (Å²) in [6.07, 6.45) is 4.49. The van der Waals surface area contributed by atoms with Crippen LogP contribution < -0.4 is 10.6 Å². The first-order chi connectivity index (χ1) is 14.6. The first kappa shape index (κ1) is 20.5. The lowest BCUT2D eigenvalue weighted by molar-refractivity contribution is 0.0880. The summed E-state index contributed by atoms with van der Waals surface area (Å²) in [5, 5.41) is 13.6. The Morgan fingerprint density at radius 3 is 2.77 bits per heavy atom. The second-order valence-electron chi connectivity index (χ2n) is 8.43. The maximum atomic E-state index is 12.5. The Morgan fingerprint density at radius 1 is 1.23 bits per heavy atom. The highest BCUT2D eigenvalue weighted by Crippen LogP contribution is 2.21. The molecular weight excluding hydrogens is 380 g/mol. The Kier molecular flexibility index (Phi) is 6.42. The predicted octanol–water partition coefficient (Wildman–Crippen LogP) is 1.48. The molecule has 1 fully saturated rings. The normalized spacial score (nSPS) is 19.9. The summed E-state index contributed by atoms with van der Waals surface area (Å²) in [5.74, 6) is 0.140. The largest absolute Gasteiger partial charge is 0.351 e. The Hall–Kier alpha value is -2.74. The summed E-state index contributed by atoms with van der Waals surface area (Å²) >= 11 is 0. The van der Waals surface area contributed by atoms with E-state index in [-0.39, 0.29) is 29.2 Å². The molecule has 4 rings (SSSR count). The van der Waals surface area contributed by atoms with Crippen molar-refractivity contribution in [3.63, 3.8) is 0 Å². The number of nitrogens with zero attached hydrogens (tertiary/aromatic N) is 4. The molecule has 3 heterocycles. The topological polar surface area (TPSA) is 92.2 Å². The molecule has 2 aliphatic rings. The minimum absolute atomic E-state index is 0.0144. The van der Waals surface area contributed by atoms with Crippen LogP contribution in [0.4, 0.5) is 0 Å². The van der Waals surface area contributed by atoms with Crippen LogP contribution in [0, 0.1) is 5.92 Å². The fraction of sp³-hybridized carbons (Fsp3) is 0.545. The van der Waals surface area contributed by atoms with E-state index in [0.29, 0.717) is 13.1 Å². The number of rotatable bonds is 7. The molecule has 2 aromatic rings. The summed E-state index contributed by atoms with van der Waals surface area (Å²) in [5.41, 5.74) is 1.80. The van der Waals surface area contributed by atoms with Gasteiger partial charge in [-0.2, -0.15) is 0 Å². The molecule has 1 aromatic carbocycles. The van der Waals surface area contributed by atoms with Gasteiger partial charge < -0.3 is 15.5 Å². The van der Waals surface area contributed by atoms with Crippen molar-refractivity contribution in [1.29, 1.82) is 0 Å². The van der Waals surface area contributed by atoms with Gasteiger partial charge in [-0.1, -0.05) is 35.5 Å². The maximum Gasteiger partial charge on any atom is 0.274 e. The van der Waals surface area contributed by atoms with E-state index in [1.807, 2.05) is 6.92 Å². The number of hydrogen-bond donors (Lipinski definition) is 2. The molecule has 1 saturated heterocycles. The van der Waals surface area contributed by atoms with E-state index in [1.165, 1.54) is 29.5 Å². The molecule has 1 aromatic heterocycles. The van der Waals surface area contributed by atoms with Crippen molar-refractivity contribution < 1.29 is 9.59 Å². The van der Waals surface area contributed by atoms with Crippen LogP contribution in [0.25, 0.3) is 0 Å². The standard InChI is InChI=1S/C22H30N6O2/c1-16-15-28-20(22(30)24-16)19(25-26-28)21(29)23-10-5-11-27-12-8-18(9-13-27)14-17-6-3-2-4-7-17/h2-4,6-7,16,18H,5,8-15H2,1H3,(H,23,29)(H,24,30)/t16-/m0/s1. The van der Waals surface area contributed by atoms with Gasteiger partial charge in [-0.3, -0.25) is 9.59 Å². The predicted molar refractivity (Wildman–Crippen MR) is 113 cm³/mol. The van der Waals surface area contributed by atoms with Crippen LogP contribution in [0.5, 0.6) is 0 Å². The van der Waals surface area contributed by atoms with E-state index in [4.69, 9.17) is 0 Å². The highest BCUT2D eigenvalue weighted by Gasteiger charge is 2.30. The number of carbonyl (C=O) groups is 2. The molecule has 2 aliphatic heterocycles. The summed E-state index contributed by atoms with van der Waals surface area (Å²) < 4.78 is 1.51. The Bertz CT molecular complexity index is 873. The third kappa shape index (κ3) is 4.87. The number of benzene rings is 1. The van der Waals surface area contributed by atoms with Crippen molar-refractivity contribution >= 4 is 11.8 Å². The quantitative estimate of drug-likeness (QED) is 0.675. The molecule has 2 amide bonds. The molecule has 0 saturated carbocycles. The average Bonchev–Trinajstić information content (AvgIpc) is 3.17. The zero-order valence-corrected chi connectivity index (χ0v) is 17.5. The van der Waals surface area contributed by atoms with Crippen molar-refractivity contribution in [2.75, 3.05) is 26.2 Å². The van der Waals surface area contributed by atoms with Crippen LogP contribution in [0.2, 0.25) is 0 Å².